The van der Waals surface area contributed by atoms with Gasteiger partial charge in [-0.2, -0.15) is 4.99 Å². The smallest absolute Gasteiger partial charge is 0.286 e. The number of rotatable bonds is 6. The number of hydrogen-bond donors (Lipinski definition) is 0. The molecule has 3 rings (SSSR count). The van der Waals surface area contributed by atoms with Gasteiger partial charge < -0.3 is 14.4 Å². The van der Waals surface area contributed by atoms with Crippen LogP contribution in [0.15, 0.2) is 34.2 Å². The van der Waals surface area contributed by atoms with E-state index in [0.717, 1.165) is 42.6 Å². The van der Waals surface area contributed by atoms with E-state index in [1.54, 1.807) is 0 Å². The Bertz CT molecular complexity index is 649. The zero-order valence-corrected chi connectivity index (χ0v) is 15.4. The van der Waals surface area contributed by atoms with E-state index in [-0.39, 0.29) is 5.91 Å². The largest absolute Gasteiger partial charge is 0.494 e. The number of amides is 1. The number of aliphatic imine (C=N–C) groups is 1. The molecule has 134 valence electrons. The second-order valence-electron chi connectivity index (χ2n) is 6.03. The van der Waals surface area contributed by atoms with Gasteiger partial charge in [0.2, 0.25) is 0 Å². The molecule has 1 amide bonds. The van der Waals surface area contributed by atoms with Crippen molar-refractivity contribution in [2.24, 2.45) is 4.99 Å². The molecule has 1 fully saturated rings. The molecule has 25 heavy (non-hydrogen) atoms. The summed E-state index contributed by atoms with van der Waals surface area (Å²) in [5.41, 5.74) is 0.982. The first kappa shape index (κ1) is 18.0. The lowest BCUT2D eigenvalue weighted by molar-refractivity contribution is -0.113. The Kier molecular flexibility index (Phi) is 6.53. The van der Waals surface area contributed by atoms with E-state index in [9.17, 15) is 4.79 Å². The molecule has 2 aliphatic rings. The third-order valence-electron chi connectivity index (χ3n) is 4.09. The monoisotopic (exact) mass is 360 g/mol. The highest BCUT2D eigenvalue weighted by molar-refractivity contribution is 8.18. The first-order valence-electron chi connectivity index (χ1n) is 8.84. The van der Waals surface area contributed by atoms with Crippen molar-refractivity contribution in [2.75, 3.05) is 32.9 Å². The Morgan fingerprint density at radius 1 is 1.24 bits per heavy atom. The van der Waals surface area contributed by atoms with Crippen LogP contribution in [0.2, 0.25) is 0 Å². The molecule has 0 atom stereocenters. The summed E-state index contributed by atoms with van der Waals surface area (Å²) >= 11 is 1.44. The van der Waals surface area contributed by atoms with Crippen LogP contribution in [0.3, 0.4) is 0 Å². The quantitative estimate of drug-likeness (QED) is 0.573. The Morgan fingerprint density at radius 2 is 2.00 bits per heavy atom. The van der Waals surface area contributed by atoms with Crippen LogP contribution in [0.5, 0.6) is 5.75 Å². The van der Waals surface area contributed by atoms with E-state index < -0.39 is 0 Å². The summed E-state index contributed by atoms with van der Waals surface area (Å²) in [7, 11) is 0. The third kappa shape index (κ3) is 5.09. The molecular weight excluding hydrogens is 336 g/mol. The van der Waals surface area contributed by atoms with E-state index in [1.165, 1.54) is 24.6 Å². The number of nitrogens with zero attached hydrogens (tertiary/aromatic N) is 2. The van der Waals surface area contributed by atoms with Crippen molar-refractivity contribution >= 4 is 28.9 Å². The van der Waals surface area contributed by atoms with Gasteiger partial charge in [-0.1, -0.05) is 31.9 Å². The molecular formula is C19H24N2O3S. The molecule has 0 spiro atoms. The minimum atomic E-state index is -0.161. The van der Waals surface area contributed by atoms with Crippen LogP contribution in [0, 0.1) is 0 Å². The molecule has 0 radical (unpaired) electrons. The molecule has 0 saturated carbocycles. The summed E-state index contributed by atoms with van der Waals surface area (Å²) in [5, 5.41) is 0.787. The Labute approximate surface area is 153 Å². The van der Waals surface area contributed by atoms with Crippen molar-refractivity contribution in [1.29, 1.82) is 0 Å². The molecule has 1 aromatic carbocycles. The fourth-order valence-electron chi connectivity index (χ4n) is 2.64. The first-order valence-corrected chi connectivity index (χ1v) is 9.66. The van der Waals surface area contributed by atoms with Gasteiger partial charge in [0, 0.05) is 13.1 Å². The fraction of sp³-hybridized carbons (Fsp3) is 0.474. The molecule has 0 N–H and O–H groups in total. The van der Waals surface area contributed by atoms with Crippen molar-refractivity contribution in [3.63, 3.8) is 0 Å². The zero-order valence-electron chi connectivity index (χ0n) is 14.6. The third-order valence-corrected chi connectivity index (χ3v) is 5.13. The molecule has 2 aliphatic heterocycles. The average Bonchev–Trinajstić information content (AvgIpc) is 3.01. The van der Waals surface area contributed by atoms with Crippen molar-refractivity contribution in [1.82, 2.24) is 4.90 Å². The van der Waals surface area contributed by atoms with Gasteiger partial charge >= 0.3 is 0 Å². The van der Waals surface area contributed by atoms with E-state index in [2.05, 4.69) is 16.8 Å². The van der Waals surface area contributed by atoms with Crippen molar-refractivity contribution in [3.05, 3.63) is 34.7 Å². The zero-order chi connectivity index (χ0) is 17.5. The molecule has 0 bridgehead atoms. The number of hydrogen-bond acceptors (Lipinski definition) is 5. The van der Waals surface area contributed by atoms with E-state index in [1.807, 2.05) is 30.3 Å². The number of carbonyl (C=O) groups excluding carboxylic acids is 1. The highest BCUT2D eigenvalue weighted by Crippen LogP contribution is 2.30. The lowest BCUT2D eigenvalue weighted by atomic mass is 10.2. The second-order valence-corrected chi connectivity index (χ2v) is 7.04. The maximum atomic E-state index is 12.1. The number of amidine groups is 1. The number of morpholine rings is 1. The van der Waals surface area contributed by atoms with Crippen LogP contribution in [0.25, 0.3) is 6.08 Å². The standard InChI is InChI=1S/C19H24N2O3S/c1-2-3-4-11-24-16-7-5-15(6-8-16)14-17-18(22)20-19(25-17)21-9-12-23-13-10-21/h5-8,14H,2-4,9-13H2,1H3/b17-14+. The van der Waals surface area contributed by atoms with E-state index in [0.29, 0.717) is 18.1 Å². The van der Waals surface area contributed by atoms with Crippen LogP contribution >= 0.6 is 11.8 Å². The number of unbranched alkanes of at least 4 members (excludes halogenated alkanes) is 2. The molecule has 0 unspecified atom stereocenters. The van der Waals surface area contributed by atoms with Gasteiger partial charge in [0.05, 0.1) is 24.7 Å². The van der Waals surface area contributed by atoms with Gasteiger partial charge in [-0.3, -0.25) is 4.79 Å². The van der Waals surface area contributed by atoms with Gasteiger partial charge in [0.1, 0.15) is 5.75 Å². The number of benzene rings is 1. The predicted molar refractivity (Wildman–Crippen MR) is 102 cm³/mol. The molecule has 1 aromatic rings. The summed E-state index contributed by atoms with van der Waals surface area (Å²) in [4.78, 5) is 19.1. The van der Waals surface area contributed by atoms with Crippen LogP contribution in [0.4, 0.5) is 0 Å². The van der Waals surface area contributed by atoms with Crippen molar-refractivity contribution in [2.45, 2.75) is 26.2 Å². The second kappa shape index (κ2) is 9.06. The highest BCUT2D eigenvalue weighted by Gasteiger charge is 2.27. The van der Waals surface area contributed by atoms with Crippen LogP contribution in [-0.4, -0.2) is 48.9 Å². The molecule has 0 aliphatic carbocycles. The minimum Gasteiger partial charge on any atom is -0.494 e. The van der Waals surface area contributed by atoms with Gasteiger partial charge in [0.25, 0.3) is 5.91 Å². The molecule has 1 saturated heterocycles. The van der Waals surface area contributed by atoms with Crippen molar-refractivity contribution < 1.29 is 14.3 Å². The summed E-state index contributed by atoms with van der Waals surface area (Å²) in [5.74, 6) is 0.709. The Morgan fingerprint density at radius 3 is 2.72 bits per heavy atom. The van der Waals surface area contributed by atoms with Gasteiger partial charge in [-0.15, -0.1) is 0 Å². The van der Waals surface area contributed by atoms with E-state index >= 15 is 0 Å². The number of ether oxygens (including phenoxy) is 2. The maximum absolute atomic E-state index is 12.1. The highest BCUT2D eigenvalue weighted by atomic mass is 32.2. The molecule has 5 nitrogen and oxygen atoms in total. The molecule has 0 aromatic heterocycles. The van der Waals surface area contributed by atoms with Crippen LogP contribution in [-0.2, 0) is 9.53 Å². The number of carbonyl (C=O) groups is 1. The summed E-state index contributed by atoms with van der Waals surface area (Å²) in [6.45, 7) is 5.88. The maximum Gasteiger partial charge on any atom is 0.286 e. The lowest BCUT2D eigenvalue weighted by Crippen LogP contribution is -2.38. The Hall–Kier alpha value is -1.79. The summed E-state index contributed by atoms with van der Waals surface area (Å²) in [6.07, 6.45) is 5.35. The van der Waals surface area contributed by atoms with Gasteiger partial charge in [-0.25, -0.2) is 0 Å². The number of thioether (sulfide) groups is 1. The van der Waals surface area contributed by atoms with E-state index in [4.69, 9.17) is 9.47 Å². The molecule has 2 heterocycles. The predicted octanol–water partition coefficient (Wildman–Crippen LogP) is 3.56. The minimum absolute atomic E-state index is 0.161. The summed E-state index contributed by atoms with van der Waals surface area (Å²) < 4.78 is 11.1. The van der Waals surface area contributed by atoms with Crippen LogP contribution in [0.1, 0.15) is 31.7 Å². The van der Waals surface area contributed by atoms with Crippen molar-refractivity contribution in [3.8, 4) is 5.75 Å². The first-order chi connectivity index (χ1) is 12.3. The molecule has 6 heteroatoms. The fourth-order valence-corrected chi connectivity index (χ4v) is 3.61. The average molecular weight is 360 g/mol. The van der Waals surface area contributed by atoms with Gasteiger partial charge in [-0.05, 0) is 42.0 Å². The lowest BCUT2D eigenvalue weighted by Gasteiger charge is -2.27. The Balaban J connectivity index is 1.57. The summed E-state index contributed by atoms with van der Waals surface area (Å²) in [6, 6.07) is 7.85. The van der Waals surface area contributed by atoms with Crippen LogP contribution < -0.4 is 4.74 Å². The topological polar surface area (TPSA) is 51.1 Å². The SMILES string of the molecule is CCCCCOc1ccc(/C=C2/SC(N3CCOCC3)=NC2=O)cc1. The normalized spacial score (nSPS) is 19.4. The van der Waals surface area contributed by atoms with Gasteiger partial charge in [0.15, 0.2) is 5.17 Å².